The summed E-state index contributed by atoms with van der Waals surface area (Å²) in [6.45, 7) is 0. The van der Waals surface area contributed by atoms with Crippen LogP contribution in [0.4, 0.5) is 0 Å². The van der Waals surface area contributed by atoms with Gasteiger partial charge >= 0.3 is 0 Å². The standard InChI is InChI=1S/C10H12ClN3O2S/c1-12-10(17)14-13-5-6-3-4-7(16-2)9(15)8(6)11/h3-5,15H,1-2H3,(H2,12,14,17)/b13-5+. The number of halogens is 1. The Balaban J connectivity index is 2.86. The molecule has 0 aliphatic rings. The lowest BCUT2D eigenvalue weighted by Crippen LogP contribution is -2.28. The molecule has 0 aliphatic carbocycles. The predicted octanol–water partition coefficient (Wildman–Crippen LogP) is 1.48. The van der Waals surface area contributed by atoms with Crippen molar-refractivity contribution < 1.29 is 9.84 Å². The van der Waals surface area contributed by atoms with E-state index in [1.807, 2.05) is 0 Å². The number of aromatic hydroxyl groups is 1. The molecule has 0 saturated carbocycles. The van der Waals surface area contributed by atoms with Crippen molar-refractivity contribution in [3.8, 4) is 11.5 Å². The molecular weight excluding hydrogens is 262 g/mol. The molecule has 0 aromatic heterocycles. The highest BCUT2D eigenvalue weighted by Gasteiger charge is 2.09. The summed E-state index contributed by atoms with van der Waals surface area (Å²) >= 11 is 10.8. The zero-order valence-corrected chi connectivity index (χ0v) is 10.9. The van der Waals surface area contributed by atoms with Gasteiger partial charge in [-0.1, -0.05) is 11.6 Å². The maximum Gasteiger partial charge on any atom is 0.186 e. The molecule has 0 saturated heterocycles. The fourth-order valence-electron chi connectivity index (χ4n) is 1.04. The Morgan fingerprint density at radius 3 is 2.88 bits per heavy atom. The van der Waals surface area contributed by atoms with Gasteiger partial charge in [0, 0.05) is 12.6 Å². The van der Waals surface area contributed by atoms with E-state index in [1.165, 1.54) is 13.3 Å². The van der Waals surface area contributed by atoms with Crippen LogP contribution in [0.2, 0.25) is 5.02 Å². The van der Waals surface area contributed by atoms with Crippen LogP contribution < -0.4 is 15.5 Å². The summed E-state index contributed by atoms with van der Waals surface area (Å²) < 4.78 is 4.92. The van der Waals surface area contributed by atoms with Crippen LogP contribution in [0, 0.1) is 0 Å². The van der Waals surface area contributed by atoms with Gasteiger partial charge in [-0.2, -0.15) is 5.10 Å². The molecule has 0 amide bonds. The average Bonchev–Trinajstić information content (AvgIpc) is 2.34. The summed E-state index contributed by atoms with van der Waals surface area (Å²) in [6, 6.07) is 3.27. The highest BCUT2D eigenvalue weighted by molar-refractivity contribution is 7.80. The number of phenolic OH excluding ortho intramolecular Hbond substituents is 1. The number of hydrogen-bond donors (Lipinski definition) is 3. The van der Waals surface area contributed by atoms with E-state index in [9.17, 15) is 5.11 Å². The fourth-order valence-corrected chi connectivity index (χ4v) is 1.30. The summed E-state index contributed by atoms with van der Waals surface area (Å²) in [6.07, 6.45) is 1.45. The van der Waals surface area contributed by atoms with E-state index in [0.29, 0.717) is 16.4 Å². The van der Waals surface area contributed by atoms with E-state index in [1.54, 1.807) is 19.2 Å². The second-order valence-electron chi connectivity index (χ2n) is 2.97. The molecule has 92 valence electrons. The summed E-state index contributed by atoms with van der Waals surface area (Å²) in [4.78, 5) is 0. The first-order chi connectivity index (χ1) is 8.10. The van der Waals surface area contributed by atoms with Gasteiger partial charge in [-0.3, -0.25) is 5.43 Å². The number of hydrazone groups is 1. The van der Waals surface area contributed by atoms with Crippen molar-refractivity contribution >= 4 is 35.1 Å². The van der Waals surface area contributed by atoms with Crippen LogP contribution in [0.1, 0.15) is 5.56 Å². The van der Waals surface area contributed by atoms with Crippen molar-refractivity contribution in [1.82, 2.24) is 10.7 Å². The molecule has 0 atom stereocenters. The maximum atomic E-state index is 9.66. The topological polar surface area (TPSA) is 65.9 Å². The van der Waals surface area contributed by atoms with Gasteiger partial charge in [0.1, 0.15) is 0 Å². The number of rotatable bonds is 3. The minimum Gasteiger partial charge on any atom is -0.503 e. The van der Waals surface area contributed by atoms with Gasteiger partial charge in [0.05, 0.1) is 18.3 Å². The maximum absolute atomic E-state index is 9.66. The van der Waals surface area contributed by atoms with Crippen LogP contribution in [0.15, 0.2) is 17.2 Å². The third-order valence-corrected chi connectivity index (χ3v) is 2.62. The largest absolute Gasteiger partial charge is 0.503 e. The van der Waals surface area contributed by atoms with Crippen LogP contribution >= 0.6 is 23.8 Å². The second kappa shape index (κ2) is 6.27. The van der Waals surface area contributed by atoms with E-state index in [4.69, 9.17) is 28.6 Å². The van der Waals surface area contributed by atoms with Crippen molar-refractivity contribution in [2.75, 3.05) is 14.2 Å². The van der Waals surface area contributed by atoms with Crippen molar-refractivity contribution in [3.63, 3.8) is 0 Å². The first-order valence-corrected chi connectivity index (χ1v) is 5.45. The molecule has 5 nitrogen and oxygen atoms in total. The Bertz CT molecular complexity index is 451. The Kier molecular flexibility index (Phi) is 4.99. The summed E-state index contributed by atoms with van der Waals surface area (Å²) in [5.74, 6) is 0.195. The lowest BCUT2D eigenvalue weighted by molar-refractivity contribution is 0.373. The number of nitrogens with zero attached hydrogens (tertiary/aromatic N) is 1. The summed E-state index contributed by atoms with van der Waals surface area (Å²) in [7, 11) is 3.13. The second-order valence-corrected chi connectivity index (χ2v) is 3.75. The minimum absolute atomic E-state index is 0.116. The van der Waals surface area contributed by atoms with Crippen LogP contribution in [0.3, 0.4) is 0 Å². The SMILES string of the molecule is CNC(=S)N/N=C/c1ccc(OC)c(O)c1Cl. The van der Waals surface area contributed by atoms with E-state index in [-0.39, 0.29) is 10.8 Å². The Labute approximate surface area is 109 Å². The number of methoxy groups -OCH3 is 1. The molecule has 1 aromatic rings. The van der Waals surface area contributed by atoms with Crippen molar-refractivity contribution in [2.45, 2.75) is 0 Å². The summed E-state index contributed by atoms with van der Waals surface area (Å²) in [5.41, 5.74) is 3.13. The normalized spacial score (nSPS) is 10.3. The highest BCUT2D eigenvalue weighted by atomic mass is 35.5. The van der Waals surface area contributed by atoms with Crippen LogP contribution in [0.5, 0.6) is 11.5 Å². The van der Waals surface area contributed by atoms with Gasteiger partial charge in [0.25, 0.3) is 0 Å². The van der Waals surface area contributed by atoms with Crippen molar-refractivity contribution in [2.24, 2.45) is 5.10 Å². The molecule has 0 spiro atoms. The van der Waals surface area contributed by atoms with Gasteiger partial charge < -0.3 is 15.2 Å². The first kappa shape index (κ1) is 13.5. The predicted molar refractivity (Wildman–Crippen MR) is 72.1 cm³/mol. The van der Waals surface area contributed by atoms with E-state index < -0.39 is 0 Å². The van der Waals surface area contributed by atoms with Crippen molar-refractivity contribution in [3.05, 3.63) is 22.7 Å². The Hall–Kier alpha value is -1.53. The Morgan fingerprint density at radius 1 is 1.59 bits per heavy atom. The quantitative estimate of drug-likeness (QED) is 0.442. The van der Waals surface area contributed by atoms with E-state index in [0.717, 1.165) is 0 Å². The molecule has 0 bridgehead atoms. The summed E-state index contributed by atoms with van der Waals surface area (Å²) in [5, 5.41) is 16.8. The van der Waals surface area contributed by atoms with Gasteiger partial charge in [-0.05, 0) is 24.4 Å². The molecular formula is C10H12ClN3O2S. The zero-order valence-electron chi connectivity index (χ0n) is 9.32. The molecule has 3 N–H and O–H groups in total. The van der Waals surface area contributed by atoms with Crippen molar-refractivity contribution in [1.29, 1.82) is 0 Å². The van der Waals surface area contributed by atoms with Gasteiger partial charge in [0.15, 0.2) is 16.6 Å². The average molecular weight is 274 g/mol. The first-order valence-electron chi connectivity index (χ1n) is 4.66. The number of thiocarbonyl (C=S) groups is 1. The third kappa shape index (κ3) is 3.47. The minimum atomic E-state index is -0.116. The van der Waals surface area contributed by atoms with Gasteiger partial charge in [-0.15, -0.1) is 0 Å². The third-order valence-electron chi connectivity index (χ3n) is 1.93. The number of ether oxygens (including phenoxy) is 1. The molecule has 7 heteroatoms. The van der Waals surface area contributed by atoms with E-state index in [2.05, 4.69) is 15.8 Å². The van der Waals surface area contributed by atoms with Crippen LogP contribution in [0.25, 0.3) is 0 Å². The molecule has 0 heterocycles. The fraction of sp³-hybridized carbons (Fsp3) is 0.200. The number of nitrogens with one attached hydrogen (secondary N) is 2. The Morgan fingerprint density at radius 2 is 2.29 bits per heavy atom. The molecule has 0 fully saturated rings. The molecule has 1 rings (SSSR count). The number of hydrogen-bond acceptors (Lipinski definition) is 4. The molecule has 0 unspecified atom stereocenters. The smallest absolute Gasteiger partial charge is 0.186 e. The lowest BCUT2D eigenvalue weighted by atomic mass is 10.2. The van der Waals surface area contributed by atoms with Crippen LogP contribution in [-0.2, 0) is 0 Å². The number of benzene rings is 1. The zero-order chi connectivity index (χ0) is 12.8. The molecule has 0 radical (unpaired) electrons. The molecule has 17 heavy (non-hydrogen) atoms. The lowest BCUT2D eigenvalue weighted by Gasteiger charge is -2.06. The van der Waals surface area contributed by atoms with Gasteiger partial charge in [0.2, 0.25) is 0 Å². The highest BCUT2D eigenvalue weighted by Crippen LogP contribution is 2.35. The van der Waals surface area contributed by atoms with Gasteiger partial charge in [-0.25, -0.2) is 0 Å². The van der Waals surface area contributed by atoms with E-state index >= 15 is 0 Å². The molecule has 0 aliphatic heterocycles. The monoisotopic (exact) mass is 273 g/mol. The number of phenols is 1. The molecule has 1 aromatic carbocycles. The van der Waals surface area contributed by atoms with Crippen LogP contribution in [-0.4, -0.2) is 30.6 Å².